The Morgan fingerprint density at radius 2 is 1.90 bits per heavy atom. The van der Waals surface area contributed by atoms with Gasteiger partial charge in [-0.05, 0) is 72.1 Å². The van der Waals surface area contributed by atoms with Gasteiger partial charge in [0.1, 0.15) is 17.1 Å². The van der Waals surface area contributed by atoms with E-state index in [-0.39, 0.29) is 22.3 Å². The first-order valence-electron chi connectivity index (χ1n) is 9.09. The molecule has 1 saturated heterocycles. The predicted molar refractivity (Wildman–Crippen MR) is 114 cm³/mol. The second-order valence-electron chi connectivity index (χ2n) is 7.01. The molecule has 0 bridgehead atoms. The van der Waals surface area contributed by atoms with Crippen molar-refractivity contribution in [1.82, 2.24) is 5.32 Å². The molecule has 2 aromatic carbocycles. The molecular weight excluding hydrogens is 391 g/mol. The van der Waals surface area contributed by atoms with Gasteiger partial charge in [0.15, 0.2) is 5.11 Å². The molecule has 2 aromatic rings. The lowest BCUT2D eigenvalue weighted by Crippen LogP contribution is -2.54. The normalized spacial score (nSPS) is 15.9. The van der Waals surface area contributed by atoms with Gasteiger partial charge < -0.3 is 4.74 Å². The average Bonchev–Trinajstić information content (AvgIpc) is 2.66. The van der Waals surface area contributed by atoms with Crippen LogP contribution in [0, 0.1) is 12.7 Å². The van der Waals surface area contributed by atoms with Crippen LogP contribution in [-0.2, 0) is 9.59 Å². The van der Waals surface area contributed by atoms with E-state index < -0.39 is 17.6 Å². The van der Waals surface area contributed by atoms with E-state index in [1.54, 1.807) is 13.2 Å². The molecule has 1 N–H and O–H groups in total. The van der Waals surface area contributed by atoms with Crippen LogP contribution in [0.1, 0.15) is 36.5 Å². The number of halogens is 1. The van der Waals surface area contributed by atoms with Crippen LogP contribution < -0.4 is 15.0 Å². The lowest BCUT2D eigenvalue weighted by atomic mass is 9.95. The summed E-state index contributed by atoms with van der Waals surface area (Å²) in [6, 6.07) is 9.53. The molecule has 5 nitrogen and oxygen atoms in total. The molecule has 0 spiro atoms. The molecule has 1 heterocycles. The standard InChI is InChI=1S/C22H21FN2O3S/c1-12(2)15-10-14(13(3)9-19(15)28-4)11-16-20(26)24-22(29)25(21(16)27)18-8-6-5-7-17(18)23/h5-12H,1-4H3,(H,24,26,29). The number of aryl methyl sites for hydroxylation is 1. The summed E-state index contributed by atoms with van der Waals surface area (Å²) in [6.07, 6.45) is 1.51. The fourth-order valence-electron chi connectivity index (χ4n) is 3.16. The van der Waals surface area contributed by atoms with Crippen LogP contribution in [0.25, 0.3) is 6.08 Å². The van der Waals surface area contributed by atoms with E-state index in [1.807, 2.05) is 32.9 Å². The van der Waals surface area contributed by atoms with Gasteiger partial charge in [-0.1, -0.05) is 26.0 Å². The number of thiocarbonyl (C=S) groups is 1. The van der Waals surface area contributed by atoms with Crippen molar-refractivity contribution in [3.8, 4) is 5.75 Å². The first-order valence-corrected chi connectivity index (χ1v) is 9.50. The molecular formula is C22H21FN2O3S. The molecule has 0 aliphatic carbocycles. The predicted octanol–water partition coefficient (Wildman–Crippen LogP) is 4.10. The summed E-state index contributed by atoms with van der Waals surface area (Å²) < 4.78 is 19.7. The number of anilines is 1. The average molecular weight is 412 g/mol. The van der Waals surface area contributed by atoms with Gasteiger partial charge in [-0.2, -0.15) is 0 Å². The smallest absolute Gasteiger partial charge is 0.270 e. The SMILES string of the molecule is COc1cc(C)c(C=C2C(=O)NC(=S)N(c3ccccc3F)C2=O)cc1C(C)C. The van der Waals surface area contributed by atoms with Crippen LogP contribution in [-0.4, -0.2) is 24.0 Å². The summed E-state index contributed by atoms with van der Waals surface area (Å²) in [7, 11) is 1.60. The van der Waals surface area contributed by atoms with Gasteiger partial charge in [-0.25, -0.2) is 9.29 Å². The highest BCUT2D eigenvalue weighted by Crippen LogP contribution is 2.31. The number of amides is 2. The lowest BCUT2D eigenvalue weighted by Gasteiger charge is -2.29. The Morgan fingerprint density at radius 1 is 1.21 bits per heavy atom. The molecule has 2 amide bonds. The van der Waals surface area contributed by atoms with Crippen LogP contribution in [0.2, 0.25) is 0 Å². The summed E-state index contributed by atoms with van der Waals surface area (Å²) in [5.41, 5.74) is 2.36. The number of rotatable bonds is 4. The molecule has 0 saturated carbocycles. The van der Waals surface area contributed by atoms with Crippen molar-refractivity contribution in [2.45, 2.75) is 26.7 Å². The molecule has 150 valence electrons. The van der Waals surface area contributed by atoms with Gasteiger partial charge in [-0.15, -0.1) is 0 Å². The Labute approximate surface area is 174 Å². The van der Waals surface area contributed by atoms with Gasteiger partial charge in [0.05, 0.1) is 12.8 Å². The monoisotopic (exact) mass is 412 g/mol. The van der Waals surface area contributed by atoms with Gasteiger partial charge in [0, 0.05) is 0 Å². The third kappa shape index (κ3) is 3.91. The van der Waals surface area contributed by atoms with E-state index in [2.05, 4.69) is 5.32 Å². The minimum absolute atomic E-state index is 0.0114. The minimum Gasteiger partial charge on any atom is -0.496 e. The number of benzene rings is 2. The van der Waals surface area contributed by atoms with E-state index in [0.717, 1.165) is 21.8 Å². The van der Waals surface area contributed by atoms with E-state index >= 15 is 0 Å². The Balaban J connectivity index is 2.10. The molecule has 0 unspecified atom stereocenters. The highest BCUT2D eigenvalue weighted by atomic mass is 32.1. The number of nitrogens with zero attached hydrogens (tertiary/aromatic N) is 1. The quantitative estimate of drug-likeness (QED) is 0.467. The molecule has 0 atom stereocenters. The summed E-state index contributed by atoms with van der Waals surface area (Å²) in [5, 5.41) is 2.32. The van der Waals surface area contributed by atoms with E-state index in [4.69, 9.17) is 17.0 Å². The minimum atomic E-state index is -0.676. The van der Waals surface area contributed by atoms with E-state index in [0.29, 0.717) is 5.56 Å². The summed E-state index contributed by atoms with van der Waals surface area (Å²) in [6.45, 7) is 5.92. The van der Waals surface area contributed by atoms with Crippen LogP contribution in [0.15, 0.2) is 42.0 Å². The van der Waals surface area contributed by atoms with Crippen molar-refractivity contribution in [1.29, 1.82) is 0 Å². The molecule has 7 heteroatoms. The number of methoxy groups -OCH3 is 1. The summed E-state index contributed by atoms with van der Waals surface area (Å²) >= 11 is 5.12. The Kier molecular flexibility index (Phi) is 5.79. The maximum Gasteiger partial charge on any atom is 0.270 e. The van der Waals surface area contributed by atoms with Crippen molar-refractivity contribution in [3.05, 3.63) is 64.5 Å². The van der Waals surface area contributed by atoms with Crippen molar-refractivity contribution in [2.75, 3.05) is 12.0 Å². The zero-order valence-electron chi connectivity index (χ0n) is 16.6. The summed E-state index contributed by atoms with van der Waals surface area (Å²) in [5.74, 6) is -0.977. The Bertz CT molecular complexity index is 1050. The second kappa shape index (κ2) is 8.13. The van der Waals surface area contributed by atoms with Crippen molar-refractivity contribution >= 4 is 40.9 Å². The molecule has 1 aliphatic rings. The van der Waals surface area contributed by atoms with Crippen LogP contribution in [0.3, 0.4) is 0 Å². The topological polar surface area (TPSA) is 58.6 Å². The fourth-order valence-corrected chi connectivity index (χ4v) is 3.44. The number of hydrogen-bond acceptors (Lipinski definition) is 4. The number of carbonyl (C=O) groups excluding carboxylic acids is 2. The third-order valence-corrected chi connectivity index (χ3v) is 5.02. The first-order chi connectivity index (χ1) is 13.7. The maximum atomic E-state index is 14.3. The number of carbonyl (C=O) groups is 2. The van der Waals surface area contributed by atoms with Crippen molar-refractivity contribution in [3.63, 3.8) is 0 Å². The number of nitrogens with one attached hydrogen (secondary N) is 1. The number of para-hydroxylation sites is 1. The van der Waals surface area contributed by atoms with E-state index in [9.17, 15) is 14.0 Å². The first kappa shape index (κ1) is 20.7. The number of hydrogen-bond donors (Lipinski definition) is 1. The van der Waals surface area contributed by atoms with Crippen molar-refractivity contribution < 1.29 is 18.7 Å². The summed E-state index contributed by atoms with van der Waals surface area (Å²) in [4.78, 5) is 26.6. The molecule has 0 aromatic heterocycles. The van der Waals surface area contributed by atoms with Gasteiger partial charge in [0.2, 0.25) is 0 Å². The third-order valence-electron chi connectivity index (χ3n) is 4.74. The van der Waals surface area contributed by atoms with Crippen LogP contribution >= 0.6 is 12.2 Å². The molecule has 0 radical (unpaired) electrons. The maximum absolute atomic E-state index is 14.3. The van der Waals surface area contributed by atoms with Crippen LogP contribution in [0.4, 0.5) is 10.1 Å². The molecule has 1 aliphatic heterocycles. The zero-order valence-corrected chi connectivity index (χ0v) is 17.4. The largest absolute Gasteiger partial charge is 0.496 e. The molecule has 1 fully saturated rings. The highest BCUT2D eigenvalue weighted by Gasteiger charge is 2.35. The fraction of sp³-hybridized carbons (Fsp3) is 0.227. The Morgan fingerprint density at radius 3 is 2.52 bits per heavy atom. The van der Waals surface area contributed by atoms with Gasteiger partial charge >= 0.3 is 0 Å². The Hall–Kier alpha value is -3.06. The molecule has 3 rings (SSSR count). The highest BCUT2D eigenvalue weighted by molar-refractivity contribution is 7.80. The second-order valence-corrected chi connectivity index (χ2v) is 7.40. The molecule has 29 heavy (non-hydrogen) atoms. The lowest BCUT2D eigenvalue weighted by molar-refractivity contribution is -0.122. The van der Waals surface area contributed by atoms with Gasteiger partial charge in [0.25, 0.3) is 11.8 Å². The van der Waals surface area contributed by atoms with Gasteiger partial charge in [-0.3, -0.25) is 14.9 Å². The zero-order chi connectivity index (χ0) is 21.3. The number of ether oxygens (including phenoxy) is 1. The van der Waals surface area contributed by atoms with Crippen LogP contribution in [0.5, 0.6) is 5.75 Å². The van der Waals surface area contributed by atoms with Crippen molar-refractivity contribution in [2.24, 2.45) is 0 Å². The van der Waals surface area contributed by atoms with E-state index in [1.165, 1.54) is 24.3 Å².